The SMILES string of the molecule is Cc1nc2c(ncn2[C@@H]2O[C@@H]3COP(=O)(O)O[C@@H]4C(O)[C@H](n5cnc6c(N)ncnc65)O[C@@H]4COP(=O)(O)O[C@H]2C3C)c(=O)[nH]1. The quantitative estimate of drug-likeness (QED) is 0.170. The van der Waals surface area contributed by atoms with Crippen LogP contribution in [0.3, 0.4) is 0 Å². The Morgan fingerprint density at radius 3 is 2.27 bits per heavy atom. The lowest BCUT2D eigenvalue weighted by Gasteiger charge is -2.26. The number of hydrogen-bond donors (Lipinski definition) is 5. The molecule has 3 aliphatic heterocycles. The molecule has 0 aromatic carbocycles. The molecule has 7 heterocycles. The fraction of sp³-hybridized carbons (Fsp3) is 0.545. The second-order valence-electron chi connectivity index (χ2n) is 10.7. The lowest BCUT2D eigenvalue weighted by atomic mass is 10.0. The highest BCUT2D eigenvalue weighted by atomic mass is 31.2. The highest BCUT2D eigenvalue weighted by Crippen LogP contribution is 2.54. The number of fused-ring (bicyclic) bond motifs is 5. The molecule has 3 fully saturated rings. The second-order valence-corrected chi connectivity index (χ2v) is 13.5. The number of hydrogen-bond acceptors (Lipinski definition) is 16. The summed E-state index contributed by atoms with van der Waals surface area (Å²) in [5, 5.41) is 11.2. The van der Waals surface area contributed by atoms with E-state index in [9.17, 15) is 28.8 Å². The van der Waals surface area contributed by atoms with Crippen molar-refractivity contribution in [1.29, 1.82) is 0 Å². The Morgan fingerprint density at radius 1 is 0.911 bits per heavy atom. The predicted molar refractivity (Wildman–Crippen MR) is 147 cm³/mol. The summed E-state index contributed by atoms with van der Waals surface area (Å²) in [6.45, 7) is 1.88. The Balaban J connectivity index is 1.21. The lowest BCUT2D eigenvalue weighted by Crippen LogP contribution is -2.36. The van der Waals surface area contributed by atoms with E-state index in [1.165, 1.54) is 28.1 Å². The van der Waals surface area contributed by atoms with Gasteiger partial charge in [0, 0.05) is 5.92 Å². The maximum atomic E-state index is 13.3. The minimum atomic E-state index is -4.94. The Bertz CT molecular complexity index is 1930. The summed E-state index contributed by atoms with van der Waals surface area (Å²) in [6.07, 6.45) is -5.68. The number of aliphatic hydroxyl groups is 1. The zero-order valence-corrected chi connectivity index (χ0v) is 25.2. The lowest BCUT2D eigenvalue weighted by molar-refractivity contribution is -0.0671. The third-order valence-electron chi connectivity index (χ3n) is 7.81. The van der Waals surface area contributed by atoms with Crippen molar-refractivity contribution in [2.24, 2.45) is 5.92 Å². The van der Waals surface area contributed by atoms with Gasteiger partial charge in [-0.05, 0) is 6.92 Å². The van der Waals surface area contributed by atoms with Crippen LogP contribution in [0.25, 0.3) is 22.3 Å². The standard InChI is InChI=1S/C22H27N9O12P2/c1-8-10-3-38-45(36,37)43-16-11(41-21(14(16)32)30-6-26-12-17(23)24-5-25-18(12)30)4-39-44(34,35)42-15(8)22(40-10)31-7-27-13-19(31)28-9(2)29-20(13)33/h5-8,10-11,14-16,21-22,32H,3-4H2,1-2H3,(H,34,35)(H,36,37)(H2,23,24,25)(H,28,29,33)/t8?,10-,11-,14?,15+,16+,21-,22-/m1/s1. The highest BCUT2D eigenvalue weighted by molar-refractivity contribution is 7.47. The summed E-state index contributed by atoms with van der Waals surface area (Å²) in [5.41, 5.74) is 5.81. The number of aromatic nitrogens is 8. The van der Waals surface area contributed by atoms with E-state index < -0.39 is 83.3 Å². The summed E-state index contributed by atoms with van der Waals surface area (Å²) >= 11 is 0. The predicted octanol–water partition coefficient (Wildman–Crippen LogP) is -0.340. The first-order chi connectivity index (χ1) is 21.3. The van der Waals surface area contributed by atoms with Crippen molar-refractivity contribution in [3.05, 3.63) is 35.2 Å². The van der Waals surface area contributed by atoms with Gasteiger partial charge in [-0.15, -0.1) is 0 Å². The van der Waals surface area contributed by atoms with E-state index in [-0.39, 0.29) is 34.0 Å². The number of anilines is 1. The number of phosphoric ester groups is 2. The van der Waals surface area contributed by atoms with Gasteiger partial charge in [0.15, 0.2) is 35.1 Å². The number of aromatic amines is 1. The first-order valence-electron chi connectivity index (χ1n) is 13.5. The molecule has 0 radical (unpaired) electrons. The average molecular weight is 671 g/mol. The van der Waals surface area contributed by atoms with Crippen LogP contribution in [-0.2, 0) is 36.7 Å². The van der Waals surface area contributed by atoms with E-state index >= 15 is 0 Å². The average Bonchev–Trinajstić information content (AvgIpc) is 3.72. The fourth-order valence-electron chi connectivity index (χ4n) is 5.61. The molecule has 10 atom stereocenters. The van der Waals surface area contributed by atoms with Crippen molar-refractivity contribution in [2.75, 3.05) is 18.9 Å². The van der Waals surface area contributed by atoms with E-state index in [1.807, 2.05) is 0 Å². The zero-order chi connectivity index (χ0) is 31.8. The summed E-state index contributed by atoms with van der Waals surface area (Å²) in [5.74, 6) is -0.402. The third kappa shape index (κ3) is 5.38. The molecular weight excluding hydrogens is 644 g/mol. The van der Waals surface area contributed by atoms with Crippen molar-refractivity contribution in [1.82, 2.24) is 39.0 Å². The second kappa shape index (κ2) is 11.0. The molecule has 3 aliphatic rings. The number of nitrogens with zero attached hydrogens (tertiary/aromatic N) is 7. The molecular formula is C22H27N9O12P2. The number of nitrogens with two attached hydrogens (primary N) is 1. The first kappa shape index (κ1) is 30.5. The van der Waals surface area contributed by atoms with Gasteiger partial charge in [-0.3, -0.25) is 32.0 Å². The number of H-pyrrole nitrogens is 1. The molecule has 4 aromatic heterocycles. The minimum absolute atomic E-state index is 0.0150. The maximum absolute atomic E-state index is 13.3. The minimum Gasteiger partial charge on any atom is -0.386 e. The van der Waals surface area contributed by atoms with Crippen LogP contribution in [0, 0.1) is 12.8 Å². The van der Waals surface area contributed by atoms with Crippen molar-refractivity contribution >= 4 is 43.8 Å². The van der Waals surface area contributed by atoms with E-state index in [2.05, 4.69) is 29.9 Å². The summed E-state index contributed by atoms with van der Waals surface area (Å²) in [4.78, 5) is 56.9. The smallest absolute Gasteiger partial charge is 0.386 e. The van der Waals surface area contributed by atoms with Gasteiger partial charge in [0.1, 0.15) is 42.1 Å². The topological polar surface area (TPSA) is 283 Å². The van der Waals surface area contributed by atoms with Crippen LogP contribution in [0.1, 0.15) is 25.2 Å². The number of ether oxygens (including phenoxy) is 2. The normalized spacial score (nSPS) is 37.7. The van der Waals surface area contributed by atoms with Crippen LogP contribution >= 0.6 is 15.6 Å². The molecule has 242 valence electrons. The molecule has 7 rings (SSSR count). The van der Waals surface area contributed by atoms with Crippen LogP contribution in [0.5, 0.6) is 0 Å². The molecule has 0 spiro atoms. The van der Waals surface area contributed by atoms with Gasteiger partial charge >= 0.3 is 15.6 Å². The Kier molecular flexibility index (Phi) is 7.42. The van der Waals surface area contributed by atoms with Gasteiger partial charge in [0.05, 0.1) is 32.0 Å². The molecule has 23 heteroatoms. The molecule has 4 unspecified atom stereocenters. The molecule has 45 heavy (non-hydrogen) atoms. The number of phosphoric acid groups is 2. The van der Waals surface area contributed by atoms with Crippen molar-refractivity contribution in [3.8, 4) is 0 Å². The number of nitrogen functional groups attached to an aromatic ring is 1. The van der Waals surface area contributed by atoms with Gasteiger partial charge in [-0.1, -0.05) is 6.92 Å². The van der Waals surface area contributed by atoms with Crippen molar-refractivity contribution in [3.63, 3.8) is 0 Å². The van der Waals surface area contributed by atoms with Crippen LogP contribution in [0.2, 0.25) is 0 Å². The molecule has 6 N–H and O–H groups in total. The molecule has 0 saturated carbocycles. The van der Waals surface area contributed by atoms with E-state index in [4.69, 9.17) is 33.3 Å². The van der Waals surface area contributed by atoms with Crippen molar-refractivity contribution in [2.45, 2.75) is 56.8 Å². The Morgan fingerprint density at radius 2 is 1.53 bits per heavy atom. The molecule has 0 aliphatic carbocycles. The Hall–Kier alpha value is -3.20. The molecule has 21 nitrogen and oxygen atoms in total. The first-order valence-corrected chi connectivity index (χ1v) is 16.5. The number of aliphatic hydroxyl groups excluding tert-OH is 1. The van der Waals surface area contributed by atoms with Crippen molar-refractivity contribution < 1.29 is 51.6 Å². The Labute approximate surface area is 251 Å². The zero-order valence-electron chi connectivity index (χ0n) is 23.4. The maximum Gasteiger partial charge on any atom is 0.472 e. The van der Waals surface area contributed by atoms with Gasteiger partial charge in [-0.25, -0.2) is 34.0 Å². The van der Waals surface area contributed by atoms with Gasteiger partial charge < -0.3 is 35.1 Å². The third-order valence-corrected chi connectivity index (χ3v) is 9.78. The number of rotatable bonds is 2. The fourth-order valence-corrected chi connectivity index (χ4v) is 7.57. The van der Waals surface area contributed by atoms with Crippen LogP contribution < -0.4 is 11.3 Å². The van der Waals surface area contributed by atoms with Crippen LogP contribution in [0.15, 0.2) is 23.8 Å². The highest BCUT2D eigenvalue weighted by Gasteiger charge is 2.53. The summed E-state index contributed by atoms with van der Waals surface area (Å²) in [7, 11) is -9.87. The summed E-state index contributed by atoms with van der Waals surface area (Å²) in [6, 6.07) is 0. The van der Waals surface area contributed by atoms with E-state index in [0.29, 0.717) is 0 Å². The van der Waals surface area contributed by atoms with Gasteiger partial charge in [-0.2, -0.15) is 0 Å². The number of aryl methyl sites for hydroxylation is 1. The summed E-state index contributed by atoms with van der Waals surface area (Å²) < 4.78 is 62.6. The van der Waals surface area contributed by atoms with Gasteiger partial charge in [0.2, 0.25) is 0 Å². The largest absolute Gasteiger partial charge is 0.472 e. The monoisotopic (exact) mass is 671 g/mol. The van der Waals surface area contributed by atoms with Gasteiger partial charge in [0.25, 0.3) is 5.56 Å². The molecule has 4 aromatic rings. The number of imidazole rings is 2. The molecule has 0 amide bonds. The molecule has 2 bridgehead atoms. The van der Waals surface area contributed by atoms with E-state index in [1.54, 1.807) is 13.8 Å². The number of nitrogens with one attached hydrogen (secondary N) is 1. The van der Waals surface area contributed by atoms with Crippen LogP contribution in [0.4, 0.5) is 5.82 Å². The molecule has 3 saturated heterocycles. The van der Waals surface area contributed by atoms with Crippen LogP contribution in [-0.4, -0.2) is 97.7 Å². The van der Waals surface area contributed by atoms with E-state index in [0.717, 1.165) is 0 Å².